The van der Waals surface area contributed by atoms with Gasteiger partial charge in [-0.25, -0.2) is 0 Å². The minimum absolute atomic E-state index is 0.0555. The molecule has 0 saturated carbocycles. The lowest BCUT2D eigenvalue weighted by molar-refractivity contribution is 0.0948. The lowest BCUT2D eigenvalue weighted by atomic mass is 10.0. The summed E-state index contributed by atoms with van der Waals surface area (Å²) in [6, 6.07) is 11.4. The highest BCUT2D eigenvalue weighted by Gasteiger charge is 2.17. The smallest absolute Gasteiger partial charge is 0.255 e. The first kappa shape index (κ1) is 12.9. The molecule has 1 amide bonds. The highest BCUT2D eigenvalue weighted by Crippen LogP contribution is 2.28. The van der Waals surface area contributed by atoms with Crippen molar-refractivity contribution < 1.29 is 9.90 Å². The normalized spacial score (nSPS) is 18.3. The van der Waals surface area contributed by atoms with E-state index in [0.717, 1.165) is 24.8 Å². The maximum Gasteiger partial charge on any atom is 0.255 e. The highest BCUT2D eigenvalue weighted by atomic mass is 16.3. The summed E-state index contributed by atoms with van der Waals surface area (Å²) in [6.45, 7) is 1.62. The molecule has 0 aliphatic carbocycles. The molecule has 0 spiro atoms. The van der Waals surface area contributed by atoms with E-state index in [-0.39, 0.29) is 11.7 Å². The highest BCUT2D eigenvalue weighted by molar-refractivity contribution is 6.03. The molecule has 1 aliphatic rings. The standard InChI is InChI=1S/C16H18N2O2/c19-15-13-6-2-1-4-11(13)7-8-14(15)16(20)18-10-12-5-3-9-17-12/h1-2,4,6-8,12,17,19H,3,5,9-10H2,(H,18,20). The van der Waals surface area contributed by atoms with Crippen LogP contribution in [0.15, 0.2) is 36.4 Å². The van der Waals surface area contributed by atoms with Gasteiger partial charge in [-0.05, 0) is 30.8 Å². The summed E-state index contributed by atoms with van der Waals surface area (Å²) in [5.41, 5.74) is 0.335. The molecule has 3 rings (SSSR count). The van der Waals surface area contributed by atoms with Gasteiger partial charge in [0, 0.05) is 18.0 Å². The van der Waals surface area contributed by atoms with Crippen molar-refractivity contribution in [1.82, 2.24) is 10.6 Å². The fourth-order valence-electron chi connectivity index (χ4n) is 2.68. The minimum Gasteiger partial charge on any atom is -0.506 e. The van der Waals surface area contributed by atoms with E-state index in [2.05, 4.69) is 10.6 Å². The first-order valence-corrected chi connectivity index (χ1v) is 6.98. The number of nitrogens with one attached hydrogen (secondary N) is 2. The quantitative estimate of drug-likeness (QED) is 0.799. The van der Waals surface area contributed by atoms with E-state index in [1.807, 2.05) is 30.3 Å². The Morgan fingerprint density at radius 3 is 2.95 bits per heavy atom. The van der Waals surface area contributed by atoms with Crippen molar-refractivity contribution in [1.29, 1.82) is 0 Å². The molecule has 1 saturated heterocycles. The molecule has 1 unspecified atom stereocenters. The van der Waals surface area contributed by atoms with Gasteiger partial charge in [0.2, 0.25) is 0 Å². The van der Waals surface area contributed by atoms with Crippen LogP contribution in [0.3, 0.4) is 0 Å². The summed E-state index contributed by atoms with van der Waals surface area (Å²) in [6.07, 6.45) is 2.24. The predicted octanol–water partition coefficient (Wildman–Crippen LogP) is 2.03. The van der Waals surface area contributed by atoms with E-state index < -0.39 is 0 Å². The van der Waals surface area contributed by atoms with E-state index >= 15 is 0 Å². The summed E-state index contributed by atoms with van der Waals surface area (Å²) in [5, 5.41) is 18.1. The molecule has 1 fully saturated rings. The molecule has 3 N–H and O–H groups in total. The zero-order valence-electron chi connectivity index (χ0n) is 11.2. The number of hydrogen-bond acceptors (Lipinski definition) is 3. The lowest BCUT2D eigenvalue weighted by Crippen LogP contribution is -2.37. The zero-order valence-corrected chi connectivity index (χ0v) is 11.2. The van der Waals surface area contributed by atoms with Crippen LogP contribution in [-0.4, -0.2) is 30.1 Å². The van der Waals surface area contributed by atoms with E-state index in [0.29, 0.717) is 23.5 Å². The second-order valence-electron chi connectivity index (χ2n) is 5.19. The summed E-state index contributed by atoms with van der Waals surface area (Å²) >= 11 is 0. The molecule has 1 heterocycles. The minimum atomic E-state index is -0.220. The Morgan fingerprint density at radius 1 is 1.30 bits per heavy atom. The first-order valence-electron chi connectivity index (χ1n) is 6.98. The van der Waals surface area contributed by atoms with Crippen LogP contribution in [0, 0.1) is 0 Å². The topological polar surface area (TPSA) is 61.4 Å². The van der Waals surface area contributed by atoms with Crippen LogP contribution < -0.4 is 10.6 Å². The third-order valence-electron chi connectivity index (χ3n) is 3.82. The number of aromatic hydroxyl groups is 1. The number of benzene rings is 2. The van der Waals surface area contributed by atoms with Crippen molar-refractivity contribution in [2.24, 2.45) is 0 Å². The van der Waals surface area contributed by atoms with Gasteiger partial charge < -0.3 is 15.7 Å². The van der Waals surface area contributed by atoms with Crippen LogP contribution in [0.2, 0.25) is 0 Å². The van der Waals surface area contributed by atoms with Gasteiger partial charge >= 0.3 is 0 Å². The van der Waals surface area contributed by atoms with Gasteiger partial charge in [-0.15, -0.1) is 0 Å². The van der Waals surface area contributed by atoms with Gasteiger partial charge in [-0.1, -0.05) is 30.3 Å². The average Bonchev–Trinajstić information content (AvgIpc) is 2.99. The molecule has 0 aromatic heterocycles. The third kappa shape index (κ3) is 2.47. The predicted molar refractivity (Wildman–Crippen MR) is 79.0 cm³/mol. The average molecular weight is 270 g/mol. The Kier molecular flexibility index (Phi) is 3.56. The Bertz CT molecular complexity index is 633. The molecule has 20 heavy (non-hydrogen) atoms. The van der Waals surface area contributed by atoms with Crippen molar-refractivity contribution >= 4 is 16.7 Å². The van der Waals surface area contributed by atoms with E-state index in [1.54, 1.807) is 6.07 Å². The van der Waals surface area contributed by atoms with Gasteiger partial charge in [-0.2, -0.15) is 0 Å². The van der Waals surface area contributed by atoms with Crippen LogP contribution in [0.4, 0.5) is 0 Å². The summed E-state index contributed by atoms with van der Waals surface area (Å²) < 4.78 is 0. The fourth-order valence-corrected chi connectivity index (χ4v) is 2.68. The molecule has 1 atom stereocenters. The SMILES string of the molecule is O=C(NCC1CCCN1)c1ccc2ccccc2c1O. The number of carbonyl (C=O) groups excluding carboxylic acids is 1. The zero-order chi connectivity index (χ0) is 13.9. The first-order chi connectivity index (χ1) is 9.75. The molecule has 4 nitrogen and oxygen atoms in total. The van der Waals surface area contributed by atoms with Gasteiger partial charge in [-0.3, -0.25) is 4.79 Å². The van der Waals surface area contributed by atoms with Crippen LogP contribution in [0.25, 0.3) is 10.8 Å². The molecule has 104 valence electrons. The second kappa shape index (κ2) is 5.51. The van der Waals surface area contributed by atoms with Crippen LogP contribution in [-0.2, 0) is 0 Å². The largest absolute Gasteiger partial charge is 0.506 e. The van der Waals surface area contributed by atoms with Crippen LogP contribution in [0.5, 0.6) is 5.75 Å². The summed E-state index contributed by atoms with van der Waals surface area (Å²) in [7, 11) is 0. The van der Waals surface area contributed by atoms with Crippen molar-refractivity contribution in [2.45, 2.75) is 18.9 Å². The number of amides is 1. The molecule has 4 heteroatoms. The molecular weight excluding hydrogens is 252 g/mol. The second-order valence-corrected chi connectivity index (χ2v) is 5.19. The van der Waals surface area contributed by atoms with Crippen molar-refractivity contribution in [3.63, 3.8) is 0 Å². The van der Waals surface area contributed by atoms with Crippen molar-refractivity contribution in [2.75, 3.05) is 13.1 Å². The van der Waals surface area contributed by atoms with E-state index in [9.17, 15) is 9.90 Å². The van der Waals surface area contributed by atoms with E-state index in [4.69, 9.17) is 0 Å². The number of hydrogen-bond donors (Lipinski definition) is 3. The number of phenolic OH excluding ortho intramolecular Hbond substituents is 1. The van der Waals surface area contributed by atoms with Gasteiger partial charge in [0.25, 0.3) is 5.91 Å². The number of carbonyl (C=O) groups is 1. The number of phenols is 1. The molecule has 2 aromatic carbocycles. The maximum atomic E-state index is 12.2. The molecule has 1 aliphatic heterocycles. The lowest BCUT2D eigenvalue weighted by Gasteiger charge is -2.13. The maximum absolute atomic E-state index is 12.2. The summed E-state index contributed by atoms with van der Waals surface area (Å²) in [5.74, 6) is -0.165. The summed E-state index contributed by atoms with van der Waals surface area (Å²) in [4.78, 5) is 12.2. The molecule has 0 bridgehead atoms. The van der Waals surface area contributed by atoms with Crippen LogP contribution in [0.1, 0.15) is 23.2 Å². The molecule has 0 radical (unpaired) electrons. The molecular formula is C16H18N2O2. The number of rotatable bonds is 3. The Labute approximate surface area is 117 Å². The van der Waals surface area contributed by atoms with Gasteiger partial charge in [0.1, 0.15) is 5.75 Å². The van der Waals surface area contributed by atoms with Crippen LogP contribution >= 0.6 is 0 Å². The monoisotopic (exact) mass is 270 g/mol. The fraction of sp³-hybridized carbons (Fsp3) is 0.312. The Balaban J connectivity index is 1.78. The van der Waals surface area contributed by atoms with Gasteiger partial charge in [0.15, 0.2) is 0 Å². The molecule has 2 aromatic rings. The van der Waals surface area contributed by atoms with Gasteiger partial charge in [0.05, 0.1) is 5.56 Å². The Morgan fingerprint density at radius 2 is 2.15 bits per heavy atom. The third-order valence-corrected chi connectivity index (χ3v) is 3.82. The van der Waals surface area contributed by atoms with Crippen molar-refractivity contribution in [3.05, 3.63) is 42.0 Å². The van der Waals surface area contributed by atoms with Crippen molar-refractivity contribution in [3.8, 4) is 5.75 Å². The van der Waals surface area contributed by atoms with E-state index in [1.165, 1.54) is 0 Å². The number of fused-ring (bicyclic) bond motifs is 1. The Hall–Kier alpha value is -2.07.